The number of benzene rings is 2. The number of amides is 4. The maximum Gasteiger partial charge on any atom is 0.267 e. The molecule has 4 rings (SSSR count). The van der Waals surface area contributed by atoms with Crippen LogP contribution in [-0.2, 0) is 25.6 Å². The summed E-state index contributed by atoms with van der Waals surface area (Å²) in [5.74, 6) is -1.38. The Morgan fingerprint density at radius 2 is 1.67 bits per heavy atom. The molecule has 0 spiro atoms. The fourth-order valence-corrected chi connectivity index (χ4v) is 6.46. The lowest BCUT2D eigenvalue weighted by molar-refractivity contribution is -0.125. The van der Waals surface area contributed by atoms with Crippen molar-refractivity contribution in [2.24, 2.45) is 5.73 Å². The van der Waals surface area contributed by atoms with Gasteiger partial charge in [0.2, 0.25) is 17.7 Å². The lowest BCUT2D eigenvalue weighted by atomic mass is 9.99. The molecule has 0 aliphatic carbocycles. The average Bonchev–Trinajstić information content (AvgIpc) is 3.12. The first-order valence-corrected chi connectivity index (χ1v) is 16.5. The van der Waals surface area contributed by atoms with E-state index in [1.54, 1.807) is 48.5 Å². The topological polar surface area (TPSA) is 214 Å². The van der Waals surface area contributed by atoms with E-state index in [1.807, 2.05) is 17.9 Å². The van der Waals surface area contributed by atoms with Crippen molar-refractivity contribution in [1.29, 1.82) is 10.5 Å². The molecular weight excluding hydrogens is 645 g/mol. The number of hydroxylamine groups is 1. The molecule has 13 nitrogen and oxygen atoms in total. The normalized spacial score (nSPS) is 13.6. The Labute approximate surface area is 288 Å². The molecule has 0 saturated carbocycles. The van der Waals surface area contributed by atoms with Crippen LogP contribution in [0.1, 0.15) is 65.7 Å². The van der Waals surface area contributed by atoms with Gasteiger partial charge in [-0.05, 0) is 54.2 Å². The number of rotatable bonds is 13. The van der Waals surface area contributed by atoms with Crippen LogP contribution in [0.2, 0.25) is 0 Å². The van der Waals surface area contributed by atoms with Gasteiger partial charge in [-0.15, -0.1) is 0 Å². The van der Waals surface area contributed by atoms with Gasteiger partial charge < -0.3 is 21.3 Å². The van der Waals surface area contributed by atoms with Crippen LogP contribution in [0.5, 0.6) is 0 Å². The van der Waals surface area contributed by atoms with E-state index in [0.717, 1.165) is 17.8 Å². The number of nitrogens with one attached hydrogen (secondary N) is 3. The highest BCUT2D eigenvalue weighted by Crippen LogP contribution is 2.40. The summed E-state index contributed by atoms with van der Waals surface area (Å²) in [5, 5.41) is 34.0. The molecule has 252 valence electrons. The molecule has 2 heterocycles. The van der Waals surface area contributed by atoms with Crippen LogP contribution < -0.4 is 26.7 Å². The Kier molecular flexibility index (Phi) is 12.9. The van der Waals surface area contributed by atoms with Gasteiger partial charge in [-0.25, -0.2) is 10.5 Å². The minimum absolute atomic E-state index is 0.00177. The molecular formula is C35H36N8O5S. The molecule has 14 heteroatoms. The Hall–Kier alpha value is -5.70. The summed E-state index contributed by atoms with van der Waals surface area (Å²) in [5.41, 5.74) is 10.3. The molecule has 4 amide bonds. The number of nitrogens with zero attached hydrogens (tertiary/aromatic N) is 4. The zero-order chi connectivity index (χ0) is 35.3. The van der Waals surface area contributed by atoms with E-state index in [4.69, 9.17) is 15.9 Å². The second-order valence-corrected chi connectivity index (χ2v) is 12.3. The van der Waals surface area contributed by atoms with Crippen molar-refractivity contribution in [3.63, 3.8) is 0 Å². The number of carbonyl (C=O) groups is 4. The number of aromatic nitrogens is 1. The van der Waals surface area contributed by atoms with E-state index >= 15 is 0 Å². The van der Waals surface area contributed by atoms with Gasteiger partial charge in [-0.1, -0.05) is 61.2 Å². The summed E-state index contributed by atoms with van der Waals surface area (Å²) in [6.45, 7) is 2.83. The molecule has 2 aromatic carbocycles. The highest BCUT2D eigenvalue weighted by molar-refractivity contribution is 8.00. The van der Waals surface area contributed by atoms with Crippen molar-refractivity contribution in [3.05, 3.63) is 88.5 Å². The highest BCUT2D eigenvalue weighted by atomic mass is 32.2. The van der Waals surface area contributed by atoms with Gasteiger partial charge in [-0.2, -0.15) is 10.5 Å². The molecule has 0 radical (unpaired) electrons. The number of anilines is 2. The molecule has 3 aromatic rings. The van der Waals surface area contributed by atoms with Crippen molar-refractivity contribution in [1.82, 2.24) is 15.8 Å². The first-order chi connectivity index (χ1) is 23.7. The first-order valence-electron chi connectivity index (χ1n) is 15.6. The molecule has 6 N–H and O–H groups in total. The predicted octanol–water partition coefficient (Wildman–Crippen LogP) is 3.73. The third kappa shape index (κ3) is 9.67. The summed E-state index contributed by atoms with van der Waals surface area (Å²) in [4.78, 5) is 55.4. The van der Waals surface area contributed by atoms with E-state index in [1.165, 1.54) is 11.6 Å². The second-order valence-electron chi connectivity index (χ2n) is 11.2. The van der Waals surface area contributed by atoms with Crippen molar-refractivity contribution in [2.75, 3.05) is 23.3 Å². The van der Waals surface area contributed by atoms with Gasteiger partial charge in [0.15, 0.2) is 0 Å². The van der Waals surface area contributed by atoms with Crippen molar-refractivity contribution >= 4 is 53.0 Å². The minimum Gasteiger partial charge on any atom is -0.368 e. The average molecular weight is 681 g/mol. The zero-order valence-electron chi connectivity index (χ0n) is 26.8. The van der Waals surface area contributed by atoms with Gasteiger partial charge in [0.05, 0.1) is 11.1 Å². The van der Waals surface area contributed by atoms with E-state index in [-0.39, 0.29) is 36.3 Å². The van der Waals surface area contributed by atoms with Crippen molar-refractivity contribution < 1.29 is 24.4 Å². The van der Waals surface area contributed by atoms with Crippen molar-refractivity contribution in [3.8, 4) is 12.1 Å². The molecule has 1 saturated heterocycles. The monoisotopic (exact) mass is 680 g/mol. The molecule has 49 heavy (non-hydrogen) atoms. The Morgan fingerprint density at radius 1 is 1.02 bits per heavy atom. The van der Waals surface area contributed by atoms with E-state index in [9.17, 15) is 29.7 Å². The van der Waals surface area contributed by atoms with Crippen LogP contribution in [0.3, 0.4) is 0 Å². The number of pyridine rings is 1. The summed E-state index contributed by atoms with van der Waals surface area (Å²) < 4.78 is 0. The number of nitrogens with two attached hydrogens (primary N) is 1. The van der Waals surface area contributed by atoms with Crippen LogP contribution in [0.4, 0.5) is 11.5 Å². The Bertz CT molecular complexity index is 1790. The number of piperidine rings is 1. The summed E-state index contributed by atoms with van der Waals surface area (Å²) in [7, 11) is 0. The molecule has 1 aromatic heterocycles. The fourth-order valence-electron chi connectivity index (χ4n) is 5.40. The number of carbonyl (C=O) groups excluding carboxylic acids is 4. The number of nitriles is 2. The van der Waals surface area contributed by atoms with Gasteiger partial charge >= 0.3 is 0 Å². The van der Waals surface area contributed by atoms with E-state index in [0.29, 0.717) is 71.1 Å². The maximum atomic E-state index is 12.7. The quantitative estimate of drug-likeness (QED) is 0.0763. The number of hydrogen-bond acceptors (Lipinski definition) is 10. The smallest absolute Gasteiger partial charge is 0.267 e. The van der Waals surface area contributed by atoms with Gasteiger partial charge in [0.25, 0.3) is 5.91 Å². The minimum atomic E-state index is -0.786. The lowest BCUT2D eigenvalue weighted by Crippen LogP contribution is -2.45. The first kappa shape index (κ1) is 36.1. The van der Waals surface area contributed by atoms with Crippen LogP contribution in [0.15, 0.2) is 65.7 Å². The third-order valence-corrected chi connectivity index (χ3v) is 9.15. The molecule has 1 aliphatic heterocycles. The van der Waals surface area contributed by atoms with Crippen molar-refractivity contribution in [2.45, 2.75) is 55.3 Å². The van der Waals surface area contributed by atoms with Crippen LogP contribution >= 0.6 is 11.8 Å². The van der Waals surface area contributed by atoms with Crippen LogP contribution in [0, 0.1) is 22.7 Å². The fraction of sp³-hybridized carbons (Fsp3) is 0.286. The third-order valence-electron chi connectivity index (χ3n) is 7.89. The molecule has 0 bridgehead atoms. The lowest BCUT2D eigenvalue weighted by Gasteiger charge is -2.34. The number of primary amides is 1. The molecule has 1 fully saturated rings. The van der Waals surface area contributed by atoms with Crippen LogP contribution in [0.25, 0.3) is 6.08 Å². The number of hydrogen-bond donors (Lipinski definition) is 5. The highest BCUT2D eigenvalue weighted by Gasteiger charge is 2.29. The Morgan fingerprint density at radius 3 is 2.27 bits per heavy atom. The molecule has 1 unspecified atom stereocenters. The van der Waals surface area contributed by atoms with Gasteiger partial charge in [0.1, 0.15) is 28.2 Å². The second kappa shape index (κ2) is 17.5. The van der Waals surface area contributed by atoms with Gasteiger partial charge in [0, 0.05) is 43.7 Å². The Balaban J connectivity index is 1.36. The summed E-state index contributed by atoms with van der Waals surface area (Å²) >= 11 is 1.09. The predicted molar refractivity (Wildman–Crippen MR) is 184 cm³/mol. The number of thioether (sulfide) groups is 1. The summed E-state index contributed by atoms with van der Waals surface area (Å²) in [6, 6.07) is 20.0. The SMILES string of the molecule is CCc1c(C#N)c(SC(C(N)=O)c2ccccc2)nc(N2CCC(NC(=O)CCC(=O)Nc3ccc(/C=C/C(=O)NO)cc3)CC2)c1C#N. The van der Waals surface area contributed by atoms with Crippen LogP contribution in [-0.4, -0.2) is 53.0 Å². The molecule has 1 atom stereocenters. The van der Waals surface area contributed by atoms with E-state index < -0.39 is 17.1 Å². The zero-order valence-corrected chi connectivity index (χ0v) is 27.6. The summed E-state index contributed by atoms with van der Waals surface area (Å²) in [6.07, 6.45) is 4.21. The standard InChI is InChI=1S/C35H36N8O5S/c1-2-26-27(20-36)34(41-35(28(26)21-37)49-32(33(38)47)23-6-4-3-5-7-23)43-18-16-25(17-19-43)40-30(45)15-14-29(44)39-24-11-8-22(9-12-24)10-13-31(46)42-48/h3-13,25,32,48H,2,14-19H2,1H3,(H2,38,47)(H,39,44)(H,40,45)(H,42,46)/b13-10+. The maximum absolute atomic E-state index is 12.7. The van der Waals surface area contributed by atoms with E-state index in [2.05, 4.69) is 22.8 Å². The van der Waals surface area contributed by atoms with Gasteiger partial charge in [-0.3, -0.25) is 24.4 Å². The largest absolute Gasteiger partial charge is 0.368 e. The molecule has 1 aliphatic rings.